The van der Waals surface area contributed by atoms with Crippen LogP contribution in [0.25, 0.3) is 77.2 Å². The number of rotatable bonds is 4. The van der Waals surface area contributed by atoms with Gasteiger partial charge in [0.2, 0.25) is 0 Å². The molecule has 0 unspecified atom stereocenters. The summed E-state index contributed by atoms with van der Waals surface area (Å²) in [6, 6.07) is 59.4. The lowest BCUT2D eigenvalue weighted by molar-refractivity contribution is 1.13. The zero-order valence-corrected chi connectivity index (χ0v) is 25.0. The molecule has 45 heavy (non-hydrogen) atoms. The van der Waals surface area contributed by atoms with Crippen molar-refractivity contribution in [2.24, 2.45) is 0 Å². The van der Waals surface area contributed by atoms with E-state index in [9.17, 15) is 0 Å². The van der Waals surface area contributed by atoms with E-state index in [0.29, 0.717) is 0 Å². The van der Waals surface area contributed by atoms with Gasteiger partial charge in [0, 0.05) is 27.2 Å². The molecule has 2 nitrogen and oxygen atoms in total. The third-order valence-corrected chi connectivity index (χ3v) is 9.27. The summed E-state index contributed by atoms with van der Waals surface area (Å²) in [5.41, 5.74) is 13.3. The fraction of sp³-hybridized carbons (Fsp3) is 0.0233. The van der Waals surface area contributed by atoms with Gasteiger partial charge in [-0.15, -0.1) is 0 Å². The monoisotopic (exact) mass is 574 g/mol. The van der Waals surface area contributed by atoms with Crippen LogP contribution in [0.5, 0.6) is 0 Å². The van der Waals surface area contributed by atoms with E-state index in [1.165, 1.54) is 77.1 Å². The van der Waals surface area contributed by atoms with Crippen molar-refractivity contribution in [2.45, 2.75) is 6.92 Å². The van der Waals surface area contributed by atoms with E-state index in [1.807, 2.05) is 0 Å². The Morgan fingerprint density at radius 1 is 0.356 bits per heavy atom. The molecule has 0 saturated heterocycles. The standard InChI is InChI=1S/C43H30N2/c1-29-39(45-41-22-12-8-18-35(41)36-19-9-13-23-42(36)45)25-24-38-37-20-10-11-21-40(37)44(43(29)38)34-27-32(30-14-4-2-5-15-30)26-33(28-34)31-16-6-3-7-17-31/h2-28H,1H3. The van der Waals surface area contributed by atoms with Crippen LogP contribution < -0.4 is 0 Å². The molecule has 2 aromatic heterocycles. The summed E-state index contributed by atoms with van der Waals surface area (Å²) in [7, 11) is 0. The van der Waals surface area contributed by atoms with Crippen molar-refractivity contribution in [2.75, 3.05) is 0 Å². The van der Waals surface area contributed by atoms with Crippen molar-refractivity contribution in [3.63, 3.8) is 0 Å². The maximum absolute atomic E-state index is 2.48. The van der Waals surface area contributed by atoms with E-state index >= 15 is 0 Å². The smallest absolute Gasteiger partial charge is 0.0591 e. The number of para-hydroxylation sites is 3. The minimum atomic E-state index is 1.16. The van der Waals surface area contributed by atoms with Gasteiger partial charge in [0.25, 0.3) is 0 Å². The first-order chi connectivity index (χ1) is 22.3. The van der Waals surface area contributed by atoms with Gasteiger partial charge in [0.05, 0.1) is 27.8 Å². The topological polar surface area (TPSA) is 9.86 Å². The van der Waals surface area contributed by atoms with Crippen LogP contribution in [0.1, 0.15) is 5.56 Å². The first-order valence-corrected chi connectivity index (χ1v) is 15.5. The minimum absolute atomic E-state index is 1.16. The number of nitrogens with zero attached hydrogens (tertiary/aromatic N) is 2. The molecule has 0 aliphatic carbocycles. The Morgan fingerprint density at radius 2 is 0.800 bits per heavy atom. The van der Waals surface area contributed by atoms with Crippen molar-refractivity contribution in [1.82, 2.24) is 9.13 Å². The van der Waals surface area contributed by atoms with Crippen molar-refractivity contribution in [1.29, 1.82) is 0 Å². The Balaban J connectivity index is 1.39. The fourth-order valence-corrected chi connectivity index (χ4v) is 7.24. The lowest BCUT2D eigenvalue weighted by Crippen LogP contribution is -2.01. The molecule has 212 valence electrons. The Hall–Kier alpha value is -5.86. The lowest BCUT2D eigenvalue weighted by Gasteiger charge is -2.17. The number of aromatic nitrogens is 2. The van der Waals surface area contributed by atoms with Crippen LogP contribution in [0.3, 0.4) is 0 Å². The molecule has 0 amide bonds. The summed E-state index contributed by atoms with van der Waals surface area (Å²) in [6.07, 6.45) is 0. The fourth-order valence-electron chi connectivity index (χ4n) is 7.24. The molecule has 0 bridgehead atoms. The highest BCUT2D eigenvalue weighted by molar-refractivity contribution is 6.13. The molecule has 2 heteroatoms. The van der Waals surface area contributed by atoms with Crippen LogP contribution in [0, 0.1) is 6.92 Å². The van der Waals surface area contributed by atoms with E-state index in [1.54, 1.807) is 0 Å². The molecule has 7 aromatic carbocycles. The first kappa shape index (κ1) is 25.6. The average Bonchev–Trinajstić information content (AvgIpc) is 3.63. The largest absolute Gasteiger partial charge is 0.309 e. The van der Waals surface area contributed by atoms with Crippen LogP contribution in [0.2, 0.25) is 0 Å². The molecule has 2 heterocycles. The minimum Gasteiger partial charge on any atom is -0.309 e. The van der Waals surface area contributed by atoms with E-state index < -0.39 is 0 Å². The third-order valence-electron chi connectivity index (χ3n) is 9.27. The summed E-state index contributed by atoms with van der Waals surface area (Å²) < 4.78 is 4.92. The normalized spacial score (nSPS) is 11.7. The molecular formula is C43H30N2. The molecule has 9 aromatic rings. The first-order valence-electron chi connectivity index (χ1n) is 15.5. The van der Waals surface area contributed by atoms with E-state index in [2.05, 4.69) is 180 Å². The van der Waals surface area contributed by atoms with Gasteiger partial charge < -0.3 is 9.13 Å². The lowest BCUT2D eigenvalue weighted by atomic mass is 9.98. The average molecular weight is 575 g/mol. The van der Waals surface area contributed by atoms with Gasteiger partial charge in [0.1, 0.15) is 0 Å². The van der Waals surface area contributed by atoms with Gasteiger partial charge in [0.15, 0.2) is 0 Å². The van der Waals surface area contributed by atoms with E-state index in [0.717, 1.165) is 5.69 Å². The predicted molar refractivity (Wildman–Crippen MR) is 191 cm³/mol. The number of hydrogen-bond acceptors (Lipinski definition) is 0. The van der Waals surface area contributed by atoms with Gasteiger partial charge in [-0.3, -0.25) is 0 Å². The van der Waals surface area contributed by atoms with Crippen LogP contribution in [0.15, 0.2) is 164 Å². The van der Waals surface area contributed by atoms with Crippen molar-refractivity contribution in [3.8, 4) is 33.6 Å². The SMILES string of the molecule is Cc1c(-n2c3ccccc3c3ccccc32)ccc2c3ccccc3n(-c3cc(-c4ccccc4)cc(-c4ccccc4)c3)c12. The van der Waals surface area contributed by atoms with Gasteiger partial charge in [-0.1, -0.05) is 121 Å². The highest BCUT2D eigenvalue weighted by Gasteiger charge is 2.20. The second-order valence-electron chi connectivity index (χ2n) is 11.8. The van der Waals surface area contributed by atoms with Crippen LogP contribution in [-0.4, -0.2) is 9.13 Å². The summed E-state index contributed by atoms with van der Waals surface area (Å²) in [5.74, 6) is 0. The quantitative estimate of drug-likeness (QED) is 0.198. The molecule has 9 rings (SSSR count). The summed E-state index contributed by atoms with van der Waals surface area (Å²) in [4.78, 5) is 0. The van der Waals surface area contributed by atoms with Gasteiger partial charge in [-0.25, -0.2) is 0 Å². The molecular weight excluding hydrogens is 544 g/mol. The summed E-state index contributed by atoms with van der Waals surface area (Å²) >= 11 is 0. The van der Waals surface area contributed by atoms with Crippen molar-refractivity contribution < 1.29 is 0 Å². The van der Waals surface area contributed by atoms with Crippen LogP contribution in [0.4, 0.5) is 0 Å². The van der Waals surface area contributed by atoms with Gasteiger partial charge in [-0.2, -0.15) is 0 Å². The van der Waals surface area contributed by atoms with Gasteiger partial charge in [-0.05, 0) is 77.2 Å². The molecule has 0 saturated carbocycles. The van der Waals surface area contributed by atoms with E-state index in [4.69, 9.17) is 0 Å². The number of aryl methyl sites for hydroxylation is 1. The Bertz CT molecular complexity index is 2420. The molecule has 0 spiro atoms. The Labute approximate surface area is 262 Å². The number of hydrogen-bond donors (Lipinski definition) is 0. The Kier molecular flexibility index (Phi) is 5.76. The molecule has 0 N–H and O–H groups in total. The van der Waals surface area contributed by atoms with Crippen LogP contribution in [-0.2, 0) is 0 Å². The second kappa shape index (κ2) is 10.1. The molecule has 0 atom stereocenters. The third kappa shape index (κ3) is 3.96. The maximum Gasteiger partial charge on any atom is 0.0591 e. The summed E-state index contributed by atoms with van der Waals surface area (Å²) in [6.45, 7) is 2.29. The molecule has 0 aliphatic rings. The maximum atomic E-state index is 2.48. The highest BCUT2D eigenvalue weighted by Crippen LogP contribution is 2.40. The van der Waals surface area contributed by atoms with E-state index in [-0.39, 0.29) is 0 Å². The van der Waals surface area contributed by atoms with Crippen LogP contribution >= 0.6 is 0 Å². The van der Waals surface area contributed by atoms with Crippen molar-refractivity contribution >= 4 is 43.6 Å². The van der Waals surface area contributed by atoms with Crippen molar-refractivity contribution in [3.05, 3.63) is 169 Å². The Morgan fingerprint density at radius 3 is 1.33 bits per heavy atom. The molecule has 0 radical (unpaired) electrons. The summed E-state index contributed by atoms with van der Waals surface area (Å²) in [5, 5.41) is 5.07. The highest BCUT2D eigenvalue weighted by atomic mass is 15.0. The zero-order chi connectivity index (χ0) is 29.9. The number of benzene rings is 7. The molecule has 0 fully saturated rings. The second-order valence-corrected chi connectivity index (χ2v) is 11.8. The number of fused-ring (bicyclic) bond motifs is 6. The molecule has 0 aliphatic heterocycles. The predicted octanol–water partition coefficient (Wildman–Crippen LogP) is 11.5. The zero-order valence-electron chi connectivity index (χ0n) is 25.0. The van der Waals surface area contributed by atoms with Gasteiger partial charge >= 0.3 is 0 Å².